The van der Waals surface area contributed by atoms with Crippen molar-refractivity contribution in [3.8, 4) is 11.5 Å². The molecule has 2 heterocycles. The molecule has 3 aromatic rings. The molecule has 0 unspecified atom stereocenters. The van der Waals surface area contributed by atoms with Crippen LogP contribution in [0, 0.1) is 0 Å². The summed E-state index contributed by atoms with van der Waals surface area (Å²) in [6.07, 6.45) is 2.43. The van der Waals surface area contributed by atoms with Crippen molar-refractivity contribution in [1.29, 1.82) is 0 Å². The van der Waals surface area contributed by atoms with E-state index in [1.165, 1.54) is 29.9 Å². The molecule has 1 amide bonds. The first-order valence-electron chi connectivity index (χ1n) is 10.7. The first-order chi connectivity index (χ1) is 15.5. The summed E-state index contributed by atoms with van der Waals surface area (Å²) < 4.78 is 11.7. The zero-order valence-electron chi connectivity index (χ0n) is 18.3. The van der Waals surface area contributed by atoms with Gasteiger partial charge in [-0.05, 0) is 36.5 Å². The van der Waals surface area contributed by atoms with Crippen LogP contribution in [0.2, 0.25) is 0 Å². The highest BCUT2D eigenvalue weighted by molar-refractivity contribution is 5.81. The lowest BCUT2D eigenvalue weighted by Crippen LogP contribution is -2.36. The second-order valence-electron chi connectivity index (χ2n) is 7.93. The van der Waals surface area contributed by atoms with E-state index < -0.39 is 5.69 Å². The Morgan fingerprint density at radius 2 is 1.75 bits per heavy atom. The van der Waals surface area contributed by atoms with Crippen LogP contribution in [0.5, 0.6) is 11.5 Å². The lowest BCUT2D eigenvalue weighted by Gasteiger charge is -2.29. The molecule has 0 bridgehead atoms. The Morgan fingerprint density at radius 3 is 2.50 bits per heavy atom. The molecule has 0 fully saturated rings. The molecule has 1 aliphatic heterocycles. The number of rotatable bonds is 7. The number of hydrogen-bond donors (Lipinski definition) is 1. The largest absolute Gasteiger partial charge is 0.493 e. The van der Waals surface area contributed by atoms with Gasteiger partial charge in [-0.1, -0.05) is 24.3 Å². The van der Waals surface area contributed by atoms with E-state index in [1.54, 1.807) is 12.1 Å². The number of nitrogens with zero attached hydrogens (tertiary/aromatic N) is 2. The van der Waals surface area contributed by atoms with E-state index in [9.17, 15) is 14.4 Å². The van der Waals surface area contributed by atoms with E-state index in [4.69, 9.17) is 9.47 Å². The highest BCUT2D eigenvalue weighted by atomic mass is 16.5. The van der Waals surface area contributed by atoms with E-state index in [0.29, 0.717) is 48.2 Å². The molecule has 1 aliphatic rings. The molecule has 2 aromatic carbocycles. The van der Waals surface area contributed by atoms with Crippen LogP contribution in [0.15, 0.2) is 46.0 Å². The molecule has 0 aliphatic carbocycles. The average Bonchev–Trinajstić information content (AvgIpc) is 2.82. The summed E-state index contributed by atoms with van der Waals surface area (Å²) >= 11 is 0. The Balaban J connectivity index is 1.40. The SMILES string of the molecule is COc1cc2[nH]c(=O)n(CCCCC(=O)N3CCc4ccccc4C3)c(=O)c2cc1OC. The normalized spacial score (nSPS) is 13.1. The Bertz CT molecular complexity index is 1260. The fourth-order valence-electron chi connectivity index (χ4n) is 4.20. The van der Waals surface area contributed by atoms with Crippen LogP contribution < -0.4 is 20.7 Å². The summed E-state index contributed by atoms with van der Waals surface area (Å²) in [7, 11) is 2.98. The Morgan fingerprint density at radius 1 is 1.03 bits per heavy atom. The molecule has 8 heteroatoms. The van der Waals surface area contributed by atoms with E-state index in [1.807, 2.05) is 17.0 Å². The monoisotopic (exact) mass is 437 g/mol. The van der Waals surface area contributed by atoms with Crippen molar-refractivity contribution in [1.82, 2.24) is 14.5 Å². The maximum atomic E-state index is 12.9. The number of carbonyl (C=O) groups is 1. The number of benzene rings is 2. The van der Waals surface area contributed by atoms with Gasteiger partial charge in [0.1, 0.15) is 0 Å². The van der Waals surface area contributed by atoms with E-state index in [2.05, 4.69) is 17.1 Å². The predicted octanol–water partition coefficient (Wildman–Crippen LogP) is 2.46. The number of hydrogen-bond acceptors (Lipinski definition) is 5. The molecule has 168 valence electrons. The van der Waals surface area contributed by atoms with Crippen LogP contribution in [0.1, 0.15) is 30.4 Å². The Labute approximate surface area is 185 Å². The number of nitrogens with one attached hydrogen (secondary N) is 1. The second-order valence-corrected chi connectivity index (χ2v) is 7.93. The summed E-state index contributed by atoms with van der Waals surface area (Å²) in [6.45, 7) is 1.61. The van der Waals surface area contributed by atoms with Crippen molar-refractivity contribution in [3.63, 3.8) is 0 Å². The van der Waals surface area contributed by atoms with Crippen molar-refractivity contribution in [2.45, 2.75) is 38.8 Å². The molecule has 4 rings (SSSR count). The van der Waals surface area contributed by atoms with E-state index in [-0.39, 0.29) is 18.0 Å². The fourth-order valence-corrected chi connectivity index (χ4v) is 4.20. The van der Waals surface area contributed by atoms with Gasteiger partial charge in [-0.2, -0.15) is 0 Å². The summed E-state index contributed by atoms with van der Waals surface area (Å²) in [5, 5.41) is 0.352. The molecule has 0 saturated heterocycles. The third-order valence-corrected chi connectivity index (χ3v) is 5.99. The quantitative estimate of drug-likeness (QED) is 0.573. The van der Waals surface area contributed by atoms with Crippen molar-refractivity contribution in [2.75, 3.05) is 20.8 Å². The zero-order chi connectivity index (χ0) is 22.7. The maximum absolute atomic E-state index is 12.9. The number of ether oxygens (including phenoxy) is 2. The maximum Gasteiger partial charge on any atom is 0.328 e. The van der Waals surface area contributed by atoms with Gasteiger partial charge >= 0.3 is 5.69 Å². The van der Waals surface area contributed by atoms with Crippen molar-refractivity contribution < 1.29 is 14.3 Å². The topological polar surface area (TPSA) is 93.6 Å². The third-order valence-electron chi connectivity index (χ3n) is 5.99. The first-order valence-corrected chi connectivity index (χ1v) is 10.7. The molecule has 1 aromatic heterocycles. The zero-order valence-corrected chi connectivity index (χ0v) is 18.3. The van der Waals surface area contributed by atoms with E-state index >= 15 is 0 Å². The minimum Gasteiger partial charge on any atom is -0.493 e. The molecule has 0 saturated carbocycles. The first kappa shape index (κ1) is 21.7. The molecule has 1 N–H and O–H groups in total. The van der Waals surface area contributed by atoms with Crippen molar-refractivity contribution in [3.05, 3.63) is 68.4 Å². The molecule has 8 nitrogen and oxygen atoms in total. The van der Waals surface area contributed by atoms with Crippen LogP contribution in [-0.2, 0) is 24.3 Å². The number of fused-ring (bicyclic) bond motifs is 2. The van der Waals surface area contributed by atoms with Gasteiger partial charge in [0, 0.05) is 32.1 Å². The second kappa shape index (κ2) is 9.30. The number of aromatic amines is 1. The lowest BCUT2D eigenvalue weighted by molar-refractivity contribution is -0.132. The number of H-pyrrole nitrogens is 1. The van der Waals surface area contributed by atoms with Gasteiger partial charge in [-0.25, -0.2) is 4.79 Å². The molecular formula is C24H27N3O5. The lowest BCUT2D eigenvalue weighted by atomic mass is 9.99. The summed E-state index contributed by atoms with van der Waals surface area (Å²) in [4.78, 5) is 42.6. The Hall–Kier alpha value is -3.55. The number of amides is 1. The predicted molar refractivity (Wildman–Crippen MR) is 121 cm³/mol. The summed E-state index contributed by atoms with van der Waals surface area (Å²) in [5.74, 6) is 0.965. The minimum atomic E-state index is -0.478. The van der Waals surface area contributed by atoms with Gasteiger partial charge in [0.15, 0.2) is 11.5 Å². The van der Waals surface area contributed by atoms with Gasteiger partial charge in [-0.15, -0.1) is 0 Å². The number of aromatic nitrogens is 2. The van der Waals surface area contributed by atoms with Crippen LogP contribution in [0.3, 0.4) is 0 Å². The van der Waals surface area contributed by atoms with Crippen molar-refractivity contribution in [2.24, 2.45) is 0 Å². The average molecular weight is 437 g/mol. The number of unbranched alkanes of at least 4 members (excludes halogenated alkanes) is 1. The standard InChI is InChI=1S/C24H27N3O5/c1-31-20-13-18-19(14-21(20)32-2)25-24(30)27(23(18)29)11-6-5-9-22(28)26-12-10-16-7-3-4-8-17(16)15-26/h3-4,7-8,13-14H,5-6,9-12,15H2,1-2H3,(H,25,30). The number of carbonyl (C=O) groups excluding carboxylic acids is 1. The molecule has 0 radical (unpaired) electrons. The molecule has 0 atom stereocenters. The van der Waals surface area contributed by atoms with Crippen LogP contribution in [0.25, 0.3) is 10.9 Å². The summed E-state index contributed by atoms with van der Waals surface area (Å²) in [6, 6.07) is 11.4. The van der Waals surface area contributed by atoms with Crippen LogP contribution in [0.4, 0.5) is 0 Å². The van der Waals surface area contributed by atoms with Crippen molar-refractivity contribution >= 4 is 16.8 Å². The van der Waals surface area contributed by atoms with E-state index in [0.717, 1.165) is 13.0 Å². The van der Waals surface area contributed by atoms with Crippen LogP contribution >= 0.6 is 0 Å². The van der Waals surface area contributed by atoms with Gasteiger partial charge < -0.3 is 19.4 Å². The highest BCUT2D eigenvalue weighted by Gasteiger charge is 2.20. The highest BCUT2D eigenvalue weighted by Crippen LogP contribution is 2.29. The third kappa shape index (κ3) is 4.26. The van der Waals surface area contributed by atoms with Gasteiger partial charge in [-0.3, -0.25) is 14.2 Å². The molecular weight excluding hydrogens is 410 g/mol. The summed E-state index contributed by atoms with van der Waals surface area (Å²) in [5.41, 5.74) is 2.04. The van der Waals surface area contributed by atoms with Crippen LogP contribution in [-0.4, -0.2) is 41.1 Å². The molecule has 0 spiro atoms. The van der Waals surface area contributed by atoms with Gasteiger partial charge in [0.25, 0.3) is 5.56 Å². The Kier molecular flexibility index (Phi) is 6.30. The number of methoxy groups -OCH3 is 2. The minimum absolute atomic E-state index is 0.108. The smallest absolute Gasteiger partial charge is 0.328 e. The fraction of sp³-hybridized carbons (Fsp3) is 0.375. The van der Waals surface area contributed by atoms with Gasteiger partial charge in [0.2, 0.25) is 5.91 Å². The van der Waals surface area contributed by atoms with Gasteiger partial charge in [0.05, 0.1) is 25.1 Å². The molecule has 32 heavy (non-hydrogen) atoms.